The first-order valence-corrected chi connectivity index (χ1v) is 7.13. The Bertz CT molecular complexity index is 425. The van der Waals surface area contributed by atoms with Gasteiger partial charge in [-0.1, -0.05) is 0 Å². The number of piperidine rings is 1. The first-order chi connectivity index (χ1) is 9.69. The van der Waals surface area contributed by atoms with Crippen molar-refractivity contribution < 1.29 is 14.6 Å². The van der Waals surface area contributed by atoms with Gasteiger partial charge in [0.1, 0.15) is 5.75 Å². The Hall–Kier alpha value is -1.91. The first kappa shape index (κ1) is 14.5. The van der Waals surface area contributed by atoms with Crippen LogP contribution in [-0.2, 0) is 0 Å². The second kappa shape index (κ2) is 7.03. The lowest BCUT2D eigenvalue weighted by Crippen LogP contribution is -2.38. The molecular formula is C15H22N2O3. The van der Waals surface area contributed by atoms with E-state index in [2.05, 4.69) is 22.3 Å². The van der Waals surface area contributed by atoms with Crippen LogP contribution in [0, 0.1) is 5.92 Å². The molecule has 1 saturated heterocycles. The van der Waals surface area contributed by atoms with E-state index >= 15 is 0 Å². The predicted octanol–water partition coefficient (Wildman–Crippen LogP) is 2.57. The quantitative estimate of drug-likeness (QED) is 0.869. The molecule has 5 nitrogen and oxygen atoms in total. The topological polar surface area (TPSA) is 61.8 Å². The van der Waals surface area contributed by atoms with E-state index in [9.17, 15) is 4.79 Å². The average Bonchev–Trinajstić information content (AvgIpc) is 2.47. The smallest absolute Gasteiger partial charge is 0.404 e. The van der Waals surface area contributed by atoms with Crippen molar-refractivity contribution in [3.8, 4) is 5.75 Å². The summed E-state index contributed by atoms with van der Waals surface area (Å²) in [6, 6.07) is 8.16. The van der Waals surface area contributed by atoms with E-state index in [1.165, 1.54) is 5.69 Å². The molecule has 0 bridgehead atoms. The number of hydrogen-bond donors (Lipinski definition) is 2. The largest absolute Gasteiger partial charge is 0.494 e. The fourth-order valence-electron chi connectivity index (χ4n) is 2.55. The second-order valence-electron chi connectivity index (χ2n) is 5.04. The number of carbonyl (C=O) groups is 1. The van der Waals surface area contributed by atoms with Crippen molar-refractivity contribution >= 4 is 11.8 Å². The normalized spacial score (nSPS) is 15.9. The van der Waals surface area contributed by atoms with Crippen molar-refractivity contribution in [1.82, 2.24) is 5.32 Å². The molecule has 0 unspecified atom stereocenters. The van der Waals surface area contributed by atoms with Crippen molar-refractivity contribution in [3.63, 3.8) is 0 Å². The Kier molecular flexibility index (Phi) is 5.09. The zero-order chi connectivity index (χ0) is 14.4. The molecule has 1 aromatic rings. The highest BCUT2D eigenvalue weighted by atomic mass is 16.5. The number of ether oxygens (including phenoxy) is 1. The summed E-state index contributed by atoms with van der Waals surface area (Å²) in [7, 11) is 0. The van der Waals surface area contributed by atoms with Crippen LogP contribution >= 0.6 is 0 Å². The molecule has 1 aliphatic rings. The maximum Gasteiger partial charge on any atom is 0.404 e. The van der Waals surface area contributed by atoms with Gasteiger partial charge in [0.05, 0.1) is 6.61 Å². The van der Waals surface area contributed by atoms with Crippen molar-refractivity contribution in [2.45, 2.75) is 19.8 Å². The molecule has 1 fully saturated rings. The molecule has 5 heteroatoms. The maximum absolute atomic E-state index is 10.5. The average molecular weight is 278 g/mol. The summed E-state index contributed by atoms with van der Waals surface area (Å²) in [4.78, 5) is 12.8. The summed E-state index contributed by atoms with van der Waals surface area (Å²) in [5, 5.41) is 11.1. The molecule has 0 saturated carbocycles. The van der Waals surface area contributed by atoms with Crippen LogP contribution < -0.4 is 15.0 Å². The van der Waals surface area contributed by atoms with Crippen molar-refractivity contribution in [3.05, 3.63) is 24.3 Å². The number of amides is 1. The lowest BCUT2D eigenvalue weighted by molar-refractivity contribution is 0.191. The highest BCUT2D eigenvalue weighted by Gasteiger charge is 2.19. The molecule has 1 amide bonds. The van der Waals surface area contributed by atoms with E-state index in [1.807, 2.05) is 19.1 Å². The number of benzene rings is 1. The van der Waals surface area contributed by atoms with Crippen LogP contribution in [0.15, 0.2) is 24.3 Å². The summed E-state index contributed by atoms with van der Waals surface area (Å²) in [5.41, 5.74) is 1.21. The fourth-order valence-corrected chi connectivity index (χ4v) is 2.55. The van der Waals surface area contributed by atoms with Gasteiger partial charge in [-0.15, -0.1) is 0 Å². The van der Waals surface area contributed by atoms with E-state index in [-0.39, 0.29) is 0 Å². The highest BCUT2D eigenvalue weighted by molar-refractivity contribution is 5.64. The monoisotopic (exact) mass is 278 g/mol. The van der Waals surface area contributed by atoms with E-state index in [0.29, 0.717) is 19.1 Å². The van der Waals surface area contributed by atoms with Crippen LogP contribution in [0.5, 0.6) is 5.75 Å². The van der Waals surface area contributed by atoms with Crippen LogP contribution in [-0.4, -0.2) is 37.4 Å². The third-order valence-electron chi connectivity index (χ3n) is 3.67. The Labute approximate surface area is 119 Å². The molecule has 2 rings (SSSR count). The summed E-state index contributed by atoms with van der Waals surface area (Å²) < 4.78 is 5.44. The summed E-state index contributed by atoms with van der Waals surface area (Å²) in [6.45, 7) is 5.16. The number of nitrogens with zero attached hydrogens (tertiary/aromatic N) is 1. The predicted molar refractivity (Wildman–Crippen MR) is 78.6 cm³/mol. The van der Waals surface area contributed by atoms with E-state index in [4.69, 9.17) is 9.84 Å². The van der Waals surface area contributed by atoms with Gasteiger partial charge in [0, 0.05) is 25.3 Å². The Morgan fingerprint density at radius 1 is 1.35 bits per heavy atom. The molecule has 1 aromatic carbocycles. The van der Waals surface area contributed by atoms with Crippen LogP contribution in [0.3, 0.4) is 0 Å². The zero-order valence-electron chi connectivity index (χ0n) is 11.8. The Balaban J connectivity index is 1.82. The van der Waals surface area contributed by atoms with Gasteiger partial charge in [-0.3, -0.25) is 0 Å². The van der Waals surface area contributed by atoms with Crippen LogP contribution in [0.4, 0.5) is 10.5 Å². The third-order valence-corrected chi connectivity index (χ3v) is 3.67. The minimum atomic E-state index is -0.932. The lowest BCUT2D eigenvalue weighted by Gasteiger charge is -2.33. The maximum atomic E-state index is 10.5. The molecule has 0 atom stereocenters. The number of carboxylic acid groups (broad SMARTS) is 1. The van der Waals surface area contributed by atoms with E-state index < -0.39 is 6.09 Å². The highest BCUT2D eigenvalue weighted by Crippen LogP contribution is 2.24. The molecule has 1 aliphatic heterocycles. The lowest BCUT2D eigenvalue weighted by atomic mass is 9.96. The molecule has 0 radical (unpaired) electrons. The van der Waals surface area contributed by atoms with Gasteiger partial charge >= 0.3 is 6.09 Å². The SMILES string of the molecule is CCOc1ccc(N2CCC(CNC(=O)O)CC2)cc1. The van der Waals surface area contributed by atoms with Gasteiger partial charge in [-0.25, -0.2) is 4.79 Å². The number of nitrogens with one attached hydrogen (secondary N) is 1. The van der Waals surface area contributed by atoms with Gasteiger partial charge in [0.2, 0.25) is 0 Å². The third kappa shape index (κ3) is 4.05. The molecule has 110 valence electrons. The van der Waals surface area contributed by atoms with Crippen LogP contribution in [0.25, 0.3) is 0 Å². The van der Waals surface area contributed by atoms with Crippen LogP contribution in [0.1, 0.15) is 19.8 Å². The zero-order valence-corrected chi connectivity index (χ0v) is 11.8. The Morgan fingerprint density at radius 3 is 2.55 bits per heavy atom. The van der Waals surface area contributed by atoms with Crippen LogP contribution in [0.2, 0.25) is 0 Å². The molecule has 0 aliphatic carbocycles. The van der Waals surface area contributed by atoms with Gasteiger partial charge < -0.3 is 20.1 Å². The summed E-state index contributed by atoms with van der Waals surface area (Å²) >= 11 is 0. The minimum absolute atomic E-state index is 0.449. The minimum Gasteiger partial charge on any atom is -0.494 e. The number of anilines is 1. The van der Waals surface area contributed by atoms with E-state index in [0.717, 1.165) is 31.7 Å². The second-order valence-corrected chi connectivity index (χ2v) is 5.04. The molecule has 0 spiro atoms. The van der Waals surface area contributed by atoms with Crippen molar-refractivity contribution in [1.29, 1.82) is 0 Å². The van der Waals surface area contributed by atoms with Gasteiger partial charge in [-0.05, 0) is 49.9 Å². The number of rotatable bonds is 5. The van der Waals surface area contributed by atoms with Crippen molar-refractivity contribution in [2.24, 2.45) is 5.92 Å². The van der Waals surface area contributed by atoms with Crippen molar-refractivity contribution in [2.75, 3.05) is 31.1 Å². The molecule has 2 N–H and O–H groups in total. The summed E-state index contributed by atoms with van der Waals surface area (Å²) in [6.07, 6.45) is 1.11. The standard InChI is InChI=1S/C15H22N2O3/c1-2-20-14-5-3-13(4-6-14)17-9-7-12(8-10-17)11-16-15(18)19/h3-6,12,16H,2,7-11H2,1H3,(H,18,19). The first-order valence-electron chi connectivity index (χ1n) is 7.13. The molecule has 1 heterocycles. The summed E-state index contributed by atoms with van der Waals surface area (Å²) in [5.74, 6) is 1.35. The van der Waals surface area contributed by atoms with Gasteiger partial charge in [0.25, 0.3) is 0 Å². The molecular weight excluding hydrogens is 256 g/mol. The van der Waals surface area contributed by atoms with E-state index in [1.54, 1.807) is 0 Å². The molecule has 0 aromatic heterocycles. The molecule has 20 heavy (non-hydrogen) atoms. The fraction of sp³-hybridized carbons (Fsp3) is 0.533. The Morgan fingerprint density at radius 2 is 2.00 bits per heavy atom. The number of hydrogen-bond acceptors (Lipinski definition) is 3. The van der Waals surface area contributed by atoms with Gasteiger partial charge in [-0.2, -0.15) is 0 Å². The van der Waals surface area contributed by atoms with Gasteiger partial charge in [0.15, 0.2) is 0 Å².